The number of hydrogen-bond donors (Lipinski definition) is 0. The van der Waals surface area contributed by atoms with Crippen LogP contribution in [0.3, 0.4) is 0 Å². The molecule has 0 unspecified atom stereocenters. The van der Waals surface area contributed by atoms with Crippen LogP contribution in [0.15, 0.2) is 205 Å². The van der Waals surface area contributed by atoms with Crippen molar-refractivity contribution in [3.63, 3.8) is 0 Å². The fourth-order valence-corrected chi connectivity index (χ4v) is 13.7. The van der Waals surface area contributed by atoms with E-state index in [1.807, 2.05) is 0 Å². The summed E-state index contributed by atoms with van der Waals surface area (Å²) in [5.41, 5.74) is 7.10. The standard InChI is InChI=1S/C48H33BrN2Si/c49-34-27-29-47-43(31-34)44-33-36(51-45-25-12-10-23-41(45)42-24-11-13-26-46(42)51)28-30-48(44)50(47)35-15-14-22-40(32-35)52(37-16-4-1-5-17-37,38-18-6-2-7-19-38)39-20-8-3-9-21-39/h1-33H. The van der Waals surface area contributed by atoms with Crippen LogP contribution in [0.4, 0.5) is 0 Å². The number of aromatic nitrogens is 2. The van der Waals surface area contributed by atoms with Crippen molar-refractivity contribution in [3.05, 3.63) is 205 Å². The van der Waals surface area contributed by atoms with Gasteiger partial charge in [0.25, 0.3) is 0 Å². The average Bonchev–Trinajstić information content (AvgIpc) is 3.72. The van der Waals surface area contributed by atoms with E-state index in [0.29, 0.717) is 0 Å². The van der Waals surface area contributed by atoms with Gasteiger partial charge in [0.2, 0.25) is 0 Å². The van der Waals surface area contributed by atoms with E-state index in [-0.39, 0.29) is 0 Å². The molecule has 8 aromatic carbocycles. The molecule has 0 atom stereocenters. The van der Waals surface area contributed by atoms with E-state index >= 15 is 0 Å². The minimum atomic E-state index is -2.71. The summed E-state index contributed by atoms with van der Waals surface area (Å²) in [4.78, 5) is 0. The third-order valence-electron chi connectivity index (χ3n) is 10.7. The smallest absolute Gasteiger partial charge is 0.179 e. The summed E-state index contributed by atoms with van der Waals surface area (Å²) in [6, 6.07) is 73.9. The number of fused-ring (bicyclic) bond motifs is 6. The van der Waals surface area contributed by atoms with Gasteiger partial charge in [0.05, 0.1) is 22.1 Å². The number of nitrogens with zero attached hydrogens (tertiary/aromatic N) is 2. The highest BCUT2D eigenvalue weighted by Gasteiger charge is 2.41. The van der Waals surface area contributed by atoms with Gasteiger partial charge in [0.15, 0.2) is 8.07 Å². The molecule has 0 N–H and O–H groups in total. The number of halogens is 1. The molecule has 2 aromatic heterocycles. The minimum absolute atomic E-state index is 1.07. The maximum atomic E-state index is 3.81. The molecule has 0 radical (unpaired) electrons. The van der Waals surface area contributed by atoms with Gasteiger partial charge < -0.3 is 9.13 Å². The summed E-state index contributed by atoms with van der Waals surface area (Å²) in [7, 11) is -2.71. The molecule has 0 bridgehead atoms. The molecule has 0 aliphatic carbocycles. The molecule has 246 valence electrons. The molecule has 10 rings (SSSR count). The number of benzene rings is 8. The van der Waals surface area contributed by atoms with Gasteiger partial charge in [-0.05, 0) is 81.4 Å². The highest BCUT2D eigenvalue weighted by molar-refractivity contribution is 9.10. The molecule has 10 aromatic rings. The maximum absolute atomic E-state index is 3.81. The molecule has 0 spiro atoms. The van der Waals surface area contributed by atoms with Gasteiger partial charge >= 0.3 is 0 Å². The van der Waals surface area contributed by atoms with Gasteiger partial charge in [0.1, 0.15) is 0 Å². The van der Waals surface area contributed by atoms with Crippen LogP contribution < -0.4 is 20.7 Å². The summed E-state index contributed by atoms with van der Waals surface area (Å²) in [6.07, 6.45) is 0. The summed E-state index contributed by atoms with van der Waals surface area (Å²) in [5.74, 6) is 0. The first-order chi connectivity index (χ1) is 25.7. The molecule has 4 heteroatoms. The van der Waals surface area contributed by atoms with Crippen molar-refractivity contribution in [1.82, 2.24) is 9.13 Å². The zero-order valence-electron chi connectivity index (χ0n) is 28.3. The second-order valence-corrected chi connectivity index (χ2v) is 18.2. The fraction of sp³-hybridized carbons (Fsp3) is 0. The molecule has 2 heterocycles. The van der Waals surface area contributed by atoms with E-state index in [4.69, 9.17) is 0 Å². The number of rotatable bonds is 6. The van der Waals surface area contributed by atoms with Gasteiger partial charge in [-0.1, -0.05) is 155 Å². The molecular formula is C48H33BrN2Si. The lowest BCUT2D eigenvalue weighted by Crippen LogP contribution is -2.74. The van der Waals surface area contributed by atoms with Gasteiger partial charge in [-0.25, -0.2) is 0 Å². The average molecular weight is 746 g/mol. The molecule has 0 amide bonds. The second kappa shape index (κ2) is 12.4. The molecule has 0 aliphatic heterocycles. The Kier molecular flexibility index (Phi) is 7.34. The lowest BCUT2D eigenvalue weighted by molar-refractivity contribution is 1.17. The van der Waals surface area contributed by atoms with Crippen LogP contribution in [0.5, 0.6) is 0 Å². The van der Waals surface area contributed by atoms with Crippen molar-refractivity contribution >= 4 is 88.4 Å². The third-order valence-corrected chi connectivity index (χ3v) is 16.0. The van der Waals surface area contributed by atoms with E-state index in [0.717, 1.165) is 15.8 Å². The largest absolute Gasteiger partial charge is 0.309 e. The van der Waals surface area contributed by atoms with Crippen LogP contribution in [0, 0.1) is 0 Å². The Morgan fingerprint density at radius 3 is 1.29 bits per heavy atom. The van der Waals surface area contributed by atoms with Crippen molar-refractivity contribution in [2.75, 3.05) is 0 Å². The SMILES string of the molecule is Brc1ccc2c(c1)c1cc(-n3c4ccccc4c4ccccc43)ccc1n2-c1cccc([Si](c2ccccc2)(c2ccccc2)c2ccccc2)c1. The van der Waals surface area contributed by atoms with Crippen molar-refractivity contribution < 1.29 is 0 Å². The van der Waals surface area contributed by atoms with Gasteiger partial charge in [-0.15, -0.1) is 0 Å². The van der Waals surface area contributed by atoms with Crippen LogP contribution in [-0.4, -0.2) is 17.2 Å². The van der Waals surface area contributed by atoms with Crippen LogP contribution in [0.2, 0.25) is 0 Å². The zero-order chi connectivity index (χ0) is 34.6. The van der Waals surface area contributed by atoms with Gasteiger partial charge in [0, 0.05) is 37.4 Å². The molecule has 0 saturated heterocycles. The molecule has 2 nitrogen and oxygen atoms in total. The number of hydrogen-bond acceptors (Lipinski definition) is 0. The van der Waals surface area contributed by atoms with E-state index in [1.54, 1.807) is 0 Å². The molecule has 0 aliphatic rings. The number of para-hydroxylation sites is 2. The summed E-state index contributed by atoms with van der Waals surface area (Å²) >= 11 is 3.81. The first kappa shape index (κ1) is 30.8. The Morgan fingerprint density at radius 2 is 0.731 bits per heavy atom. The predicted octanol–water partition coefficient (Wildman–Crippen LogP) is 10.0. The van der Waals surface area contributed by atoms with Crippen molar-refractivity contribution in [1.29, 1.82) is 0 Å². The Balaban J connectivity index is 1.24. The Hall–Kier alpha value is -5.94. The lowest BCUT2D eigenvalue weighted by Gasteiger charge is -2.34. The minimum Gasteiger partial charge on any atom is -0.309 e. The van der Waals surface area contributed by atoms with E-state index in [9.17, 15) is 0 Å². The van der Waals surface area contributed by atoms with Gasteiger partial charge in [-0.2, -0.15) is 0 Å². The van der Waals surface area contributed by atoms with Crippen LogP contribution in [0.25, 0.3) is 55.0 Å². The van der Waals surface area contributed by atoms with Crippen LogP contribution in [0.1, 0.15) is 0 Å². The summed E-state index contributed by atoms with van der Waals surface area (Å²) in [6.45, 7) is 0. The van der Waals surface area contributed by atoms with E-state index in [2.05, 4.69) is 225 Å². The highest BCUT2D eigenvalue weighted by Crippen LogP contribution is 2.37. The quantitative estimate of drug-likeness (QED) is 0.119. The van der Waals surface area contributed by atoms with Crippen LogP contribution in [-0.2, 0) is 0 Å². The molecular weight excluding hydrogens is 713 g/mol. The zero-order valence-corrected chi connectivity index (χ0v) is 30.9. The van der Waals surface area contributed by atoms with Crippen molar-refractivity contribution in [3.8, 4) is 11.4 Å². The monoisotopic (exact) mass is 744 g/mol. The Morgan fingerprint density at radius 1 is 0.308 bits per heavy atom. The summed E-state index contributed by atoms with van der Waals surface area (Å²) < 4.78 is 5.93. The van der Waals surface area contributed by atoms with Gasteiger partial charge in [-0.3, -0.25) is 0 Å². The first-order valence-corrected chi connectivity index (χ1v) is 20.5. The first-order valence-electron chi connectivity index (χ1n) is 17.7. The lowest BCUT2D eigenvalue weighted by atomic mass is 10.1. The predicted molar refractivity (Wildman–Crippen MR) is 226 cm³/mol. The Bertz CT molecular complexity index is 2760. The normalized spacial score (nSPS) is 11.9. The molecule has 0 fully saturated rings. The van der Waals surface area contributed by atoms with E-state index < -0.39 is 8.07 Å². The summed E-state index contributed by atoms with van der Waals surface area (Å²) in [5, 5.41) is 10.4. The van der Waals surface area contributed by atoms with Crippen LogP contribution >= 0.6 is 15.9 Å². The topological polar surface area (TPSA) is 9.86 Å². The fourth-order valence-electron chi connectivity index (χ4n) is 8.54. The maximum Gasteiger partial charge on any atom is 0.179 e. The molecule has 52 heavy (non-hydrogen) atoms. The van der Waals surface area contributed by atoms with E-state index in [1.165, 1.54) is 64.4 Å². The van der Waals surface area contributed by atoms with Crippen molar-refractivity contribution in [2.24, 2.45) is 0 Å². The third kappa shape index (κ3) is 4.68. The van der Waals surface area contributed by atoms with Crippen molar-refractivity contribution in [2.45, 2.75) is 0 Å². The molecule has 0 saturated carbocycles. The highest BCUT2D eigenvalue weighted by atomic mass is 79.9. The second-order valence-electron chi connectivity index (χ2n) is 13.5. The Labute approximate surface area is 312 Å².